The summed E-state index contributed by atoms with van der Waals surface area (Å²) in [5.74, 6) is -0.0861. The van der Waals surface area contributed by atoms with Crippen LogP contribution in [-0.4, -0.2) is 30.2 Å². The van der Waals surface area contributed by atoms with Gasteiger partial charge in [0.2, 0.25) is 0 Å². The normalized spacial score (nSPS) is 12.3. The van der Waals surface area contributed by atoms with Crippen LogP contribution >= 0.6 is 0 Å². The van der Waals surface area contributed by atoms with E-state index in [4.69, 9.17) is 9.26 Å². The van der Waals surface area contributed by atoms with Crippen LogP contribution < -0.4 is 5.32 Å². The lowest BCUT2D eigenvalue weighted by molar-refractivity contribution is -0.143. The number of aryl methyl sites for hydroxylation is 2. The van der Waals surface area contributed by atoms with Crippen LogP contribution in [-0.2, 0) is 16.0 Å². The Kier molecular flexibility index (Phi) is 5.73. The molecule has 6 nitrogen and oxygen atoms in total. The molecule has 6 heteroatoms. The minimum absolute atomic E-state index is 0.258. The third-order valence-electron chi connectivity index (χ3n) is 2.99. The highest BCUT2D eigenvalue weighted by Crippen LogP contribution is 2.15. The second kappa shape index (κ2) is 7.07. The second-order valence-electron chi connectivity index (χ2n) is 5.09. The van der Waals surface area contributed by atoms with Crippen molar-refractivity contribution in [2.75, 3.05) is 7.11 Å². The Hall–Kier alpha value is -1.85. The maximum atomic E-state index is 12.3. The van der Waals surface area contributed by atoms with E-state index in [0.29, 0.717) is 29.9 Å². The molecule has 1 amide bonds. The van der Waals surface area contributed by atoms with Crippen LogP contribution in [0.1, 0.15) is 49.0 Å². The molecule has 0 fully saturated rings. The molecule has 112 valence electrons. The molecule has 0 aliphatic heterocycles. The highest BCUT2D eigenvalue weighted by Gasteiger charge is 2.26. The Bertz CT molecular complexity index is 480. The van der Waals surface area contributed by atoms with Crippen molar-refractivity contribution in [3.8, 4) is 0 Å². The predicted molar refractivity (Wildman–Crippen MR) is 73.3 cm³/mol. The van der Waals surface area contributed by atoms with Crippen molar-refractivity contribution < 1.29 is 18.8 Å². The molecule has 1 aromatic heterocycles. The molecule has 1 heterocycles. The van der Waals surface area contributed by atoms with Crippen molar-refractivity contribution in [1.29, 1.82) is 0 Å². The lowest BCUT2D eigenvalue weighted by Gasteiger charge is -2.18. The van der Waals surface area contributed by atoms with Gasteiger partial charge in [0.1, 0.15) is 17.4 Å². The average Bonchev–Trinajstić information content (AvgIpc) is 2.77. The summed E-state index contributed by atoms with van der Waals surface area (Å²) >= 11 is 0. The Morgan fingerprint density at radius 3 is 2.55 bits per heavy atom. The zero-order valence-electron chi connectivity index (χ0n) is 12.6. The summed E-state index contributed by atoms with van der Waals surface area (Å²) in [6, 6.07) is -0.661. The van der Waals surface area contributed by atoms with Crippen LogP contribution in [0, 0.1) is 12.8 Å². The minimum Gasteiger partial charge on any atom is -0.467 e. The van der Waals surface area contributed by atoms with E-state index in [9.17, 15) is 9.59 Å². The molecule has 0 saturated carbocycles. The fraction of sp³-hybridized carbons (Fsp3) is 0.643. The van der Waals surface area contributed by atoms with E-state index < -0.39 is 12.0 Å². The van der Waals surface area contributed by atoms with Gasteiger partial charge in [-0.25, -0.2) is 4.79 Å². The van der Waals surface area contributed by atoms with Crippen molar-refractivity contribution in [1.82, 2.24) is 10.5 Å². The molecule has 1 atom stereocenters. The number of hydrogen-bond donors (Lipinski definition) is 1. The SMILES string of the molecule is CCc1noc(C)c1C(=O)NC(CC(C)C)C(=O)OC. The fourth-order valence-electron chi connectivity index (χ4n) is 2.01. The number of esters is 1. The van der Waals surface area contributed by atoms with Crippen LogP contribution in [0.3, 0.4) is 0 Å². The number of nitrogens with one attached hydrogen (secondary N) is 1. The molecule has 20 heavy (non-hydrogen) atoms. The quantitative estimate of drug-likeness (QED) is 0.805. The standard InChI is InChI=1S/C14H22N2O4/c1-6-10-12(9(4)20-16-10)13(17)15-11(7-8(2)3)14(18)19-5/h8,11H,6-7H2,1-5H3,(H,15,17). The Morgan fingerprint density at radius 2 is 2.05 bits per heavy atom. The van der Waals surface area contributed by atoms with Crippen LogP contribution in [0.2, 0.25) is 0 Å². The zero-order valence-corrected chi connectivity index (χ0v) is 12.6. The Morgan fingerprint density at radius 1 is 1.40 bits per heavy atom. The monoisotopic (exact) mass is 282 g/mol. The van der Waals surface area contributed by atoms with E-state index in [1.54, 1.807) is 6.92 Å². The molecule has 0 spiro atoms. The van der Waals surface area contributed by atoms with Gasteiger partial charge in [0.15, 0.2) is 0 Å². The van der Waals surface area contributed by atoms with Gasteiger partial charge in [-0.2, -0.15) is 0 Å². The van der Waals surface area contributed by atoms with Gasteiger partial charge in [0.05, 0.1) is 12.8 Å². The van der Waals surface area contributed by atoms with Crippen molar-refractivity contribution >= 4 is 11.9 Å². The first-order valence-corrected chi connectivity index (χ1v) is 6.74. The van der Waals surface area contributed by atoms with E-state index >= 15 is 0 Å². The van der Waals surface area contributed by atoms with Gasteiger partial charge < -0.3 is 14.6 Å². The molecule has 1 rings (SSSR count). The summed E-state index contributed by atoms with van der Waals surface area (Å²) in [4.78, 5) is 24.0. The first-order chi connectivity index (χ1) is 9.40. The molecule has 0 aliphatic rings. The molecular weight excluding hydrogens is 260 g/mol. The van der Waals surface area contributed by atoms with Crippen molar-refractivity contribution in [2.45, 2.75) is 46.6 Å². The van der Waals surface area contributed by atoms with E-state index in [2.05, 4.69) is 10.5 Å². The molecule has 1 unspecified atom stereocenters. The predicted octanol–water partition coefficient (Wildman–Crippen LogP) is 1.86. The van der Waals surface area contributed by atoms with Crippen molar-refractivity contribution in [3.63, 3.8) is 0 Å². The number of nitrogens with zero attached hydrogens (tertiary/aromatic N) is 1. The smallest absolute Gasteiger partial charge is 0.328 e. The third kappa shape index (κ3) is 3.82. The molecule has 1 aromatic rings. The third-order valence-corrected chi connectivity index (χ3v) is 2.99. The number of rotatable bonds is 6. The molecule has 0 bridgehead atoms. The summed E-state index contributed by atoms with van der Waals surface area (Å²) < 4.78 is 9.76. The molecule has 0 aromatic carbocycles. The Balaban J connectivity index is 2.90. The minimum atomic E-state index is -0.661. The van der Waals surface area contributed by atoms with E-state index in [0.717, 1.165) is 0 Å². The number of hydrogen-bond acceptors (Lipinski definition) is 5. The largest absolute Gasteiger partial charge is 0.467 e. The lowest BCUT2D eigenvalue weighted by Crippen LogP contribution is -2.42. The van der Waals surface area contributed by atoms with E-state index in [1.807, 2.05) is 20.8 Å². The molecule has 0 aliphatic carbocycles. The molecule has 0 radical (unpaired) electrons. The maximum Gasteiger partial charge on any atom is 0.328 e. The van der Waals surface area contributed by atoms with Gasteiger partial charge >= 0.3 is 5.97 Å². The average molecular weight is 282 g/mol. The van der Waals surface area contributed by atoms with Gasteiger partial charge in [0.25, 0.3) is 5.91 Å². The summed E-state index contributed by atoms with van der Waals surface area (Å²) in [5, 5.41) is 6.54. The van der Waals surface area contributed by atoms with Crippen LogP contribution in [0.15, 0.2) is 4.52 Å². The lowest BCUT2D eigenvalue weighted by atomic mass is 10.0. The number of ether oxygens (including phenoxy) is 1. The summed E-state index contributed by atoms with van der Waals surface area (Å²) in [6.45, 7) is 7.52. The fourth-order valence-corrected chi connectivity index (χ4v) is 2.01. The van der Waals surface area contributed by atoms with Gasteiger partial charge in [-0.3, -0.25) is 4.79 Å². The number of carbonyl (C=O) groups excluding carboxylic acids is 2. The topological polar surface area (TPSA) is 81.4 Å². The van der Waals surface area contributed by atoms with Crippen LogP contribution in [0.5, 0.6) is 0 Å². The highest BCUT2D eigenvalue weighted by atomic mass is 16.5. The number of aromatic nitrogens is 1. The van der Waals surface area contributed by atoms with E-state index in [-0.39, 0.29) is 11.8 Å². The first-order valence-electron chi connectivity index (χ1n) is 6.74. The van der Waals surface area contributed by atoms with Gasteiger partial charge in [-0.1, -0.05) is 25.9 Å². The summed E-state index contributed by atoms with van der Waals surface area (Å²) in [5.41, 5.74) is 0.998. The highest BCUT2D eigenvalue weighted by molar-refractivity contribution is 5.98. The molecule has 1 N–H and O–H groups in total. The van der Waals surface area contributed by atoms with Gasteiger partial charge in [0, 0.05) is 0 Å². The van der Waals surface area contributed by atoms with Crippen LogP contribution in [0.4, 0.5) is 0 Å². The Labute approximate surface area is 118 Å². The van der Waals surface area contributed by atoms with Crippen molar-refractivity contribution in [3.05, 3.63) is 17.0 Å². The first kappa shape index (κ1) is 16.2. The summed E-state index contributed by atoms with van der Waals surface area (Å²) in [7, 11) is 1.31. The number of methoxy groups -OCH3 is 1. The zero-order chi connectivity index (χ0) is 15.3. The molecular formula is C14H22N2O4. The van der Waals surface area contributed by atoms with Gasteiger partial charge in [-0.05, 0) is 25.7 Å². The van der Waals surface area contributed by atoms with Gasteiger partial charge in [-0.15, -0.1) is 0 Å². The summed E-state index contributed by atoms with van der Waals surface area (Å²) in [6.07, 6.45) is 1.11. The number of amides is 1. The number of carbonyl (C=O) groups is 2. The van der Waals surface area contributed by atoms with Crippen LogP contribution in [0.25, 0.3) is 0 Å². The second-order valence-corrected chi connectivity index (χ2v) is 5.09. The van der Waals surface area contributed by atoms with E-state index in [1.165, 1.54) is 7.11 Å². The molecule has 0 saturated heterocycles. The van der Waals surface area contributed by atoms with Crippen molar-refractivity contribution in [2.24, 2.45) is 5.92 Å². The maximum absolute atomic E-state index is 12.3.